The number of rotatable bonds is 5. The summed E-state index contributed by atoms with van der Waals surface area (Å²) >= 11 is 4.24. The van der Waals surface area contributed by atoms with Gasteiger partial charge < -0.3 is 5.32 Å². The van der Waals surface area contributed by atoms with Gasteiger partial charge in [0, 0.05) is 9.61 Å². The van der Waals surface area contributed by atoms with Gasteiger partial charge in [0.15, 0.2) is 0 Å². The summed E-state index contributed by atoms with van der Waals surface area (Å²) in [7, 11) is 2.05. The second-order valence-electron chi connectivity index (χ2n) is 4.49. The third-order valence-electron chi connectivity index (χ3n) is 3.25. The molecule has 1 heterocycles. The van der Waals surface area contributed by atoms with Crippen LogP contribution in [0.4, 0.5) is 0 Å². The Kier molecular flexibility index (Phi) is 5.21. The molecule has 0 fully saturated rings. The Balaban J connectivity index is 2.10. The molecule has 0 amide bonds. The van der Waals surface area contributed by atoms with Crippen molar-refractivity contribution in [1.29, 1.82) is 0 Å². The van der Waals surface area contributed by atoms with Crippen molar-refractivity contribution in [2.45, 2.75) is 25.8 Å². The maximum Gasteiger partial charge on any atom is 0.0331 e. The first-order valence-electron chi connectivity index (χ1n) is 6.15. The van der Waals surface area contributed by atoms with Gasteiger partial charge in [0.25, 0.3) is 0 Å². The van der Waals surface area contributed by atoms with Crippen molar-refractivity contribution in [1.82, 2.24) is 5.32 Å². The van der Waals surface area contributed by atoms with E-state index in [1.54, 1.807) is 11.3 Å². The highest BCUT2D eigenvalue weighted by Gasteiger charge is 2.13. The molecule has 3 heteroatoms. The van der Waals surface area contributed by atoms with Crippen LogP contribution in [0.1, 0.15) is 29.2 Å². The van der Waals surface area contributed by atoms with Crippen LogP contribution in [0.15, 0.2) is 35.0 Å². The summed E-state index contributed by atoms with van der Waals surface area (Å²) < 4.78 is 1.39. The van der Waals surface area contributed by atoms with Gasteiger partial charge in [-0.1, -0.05) is 18.2 Å². The second kappa shape index (κ2) is 6.68. The Morgan fingerprint density at radius 3 is 2.83 bits per heavy atom. The Hall–Kier alpha value is -0.390. The summed E-state index contributed by atoms with van der Waals surface area (Å²) in [6.07, 6.45) is 2.28. The van der Waals surface area contributed by atoms with Gasteiger partial charge >= 0.3 is 0 Å². The number of halogens is 1. The van der Waals surface area contributed by atoms with E-state index in [1.165, 1.54) is 20.3 Å². The van der Waals surface area contributed by atoms with Crippen molar-refractivity contribution in [2.24, 2.45) is 0 Å². The van der Waals surface area contributed by atoms with Crippen LogP contribution in [0.5, 0.6) is 0 Å². The molecular formula is C15H18INS. The number of aryl methyl sites for hydroxylation is 2. The van der Waals surface area contributed by atoms with Gasteiger partial charge in [0.05, 0.1) is 0 Å². The van der Waals surface area contributed by atoms with Gasteiger partial charge in [-0.15, -0.1) is 0 Å². The molecule has 1 N–H and O–H groups in total. The summed E-state index contributed by atoms with van der Waals surface area (Å²) in [4.78, 5) is 0. The largest absolute Gasteiger partial charge is 0.313 e. The third-order valence-corrected chi connectivity index (χ3v) is 5.45. The minimum atomic E-state index is 0.441. The summed E-state index contributed by atoms with van der Waals surface area (Å²) in [5, 5.41) is 7.84. The number of nitrogens with one attached hydrogen (secondary N) is 1. The van der Waals surface area contributed by atoms with E-state index in [9.17, 15) is 0 Å². The lowest BCUT2D eigenvalue weighted by molar-refractivity contribution is 0.547. The summed E-state index contributed by atoms with van der Waals surface area (Å²) in [6.45, 7) is 2.18. The molecule has 0 aliphatic carbocycles. The molecular weight excluding hydrogens is 353 g/mol. The third kappa shape index (κ3) is 3.33. The van der Waals surface area contributed by atoms with Gasteiger partial charge in [-0.25, -0.2) is 0 Å². The molecule has 2 aromatic rings. The van der Waals surface area contributed by atoms with Crippen LogP contribution < -0.4 is 5.32 Å². The molecule has 0 radical (unpaired) electrons. The van der Waals surface area contributed by atoms with Gasteiger partial charge in [-0.2, -0.15) is 11.3 Å². The fraction of sp³-hybridized carbons (Fsp3) is 0.333. The lowest BCUT2D eigenvalue weighted by Gasteiger charge is -2.19. The molecule has 0 aliphatic heterocycles. The van der Waals surface area contributed by atoms with E-state index in [0.29, 0.717) is 6.04 Å². The highest BCUT2D eigenvalue weighted by atomic mass is 127. The minimum absolute atomic E-state index is 0.441. The standard InChI is InChI=1S/C15H18INS/c1-11-4-3-5-13(15(11)16)14(17-2)7-6-12-8-9-18-10-12/h3-5,8-10,14,17H,6-7H2,1-2H3. The Morgan fingerprint density at radius 2 is 2.17 bits per heavy atom. The Bertz CT molecular complexity index is 493. The molecule has 18 heavy (non-hydrogen) atoms. The first kappa shape index (κ1) is 14.0. The number of benzene rings is 1. The van der Waals surface area contributed by atoms with E-state index >= 15 is 0 Å². The van der Waals surface area contributed by atoms with E-state index in [4.69, 9.17) is 0 Å². The quantitative estimate of drug-likeness (QED) is 0.761. The molecule has 0 saturated heterocycles. The second-order valence-corrected chi connectivity index (χ2v) is 6.35. The zero-order valence-electron chi connectivity index (χ0n) is 10.7. The van der Waals surface area contributed by atoms with Crippen LogP contribution in [-0.2, 0) is 6.42 Å². The lowest BCUT2D eigenvalue weighted by atomic mass is 9.99. The SMILES string of the molecule is CNC(CCc1ccsc1)c1cccc(C)c1I. The molecule has 96 valence electrons. The van der Waals surface area contributed by atoms with E-state index < -0.39 is 0 Å². The van der Waals surface area contributed by atoms with Crippen LogP contribution in [0.3, 0.4) is 0 Å². The molecule has 1 aromatic carbocycles. The van der Waals surface area contributed by atoms with Gasteiger partial charge in [-0.3, -0.25) is 0 Å². The first-order chi connectivity index (χ1) is 8.72. The van der Waals surface area contributed by atoms with Crippen molar-refractivity contribution in [3.05, 3.63) is 55.3 Å². The lowest BCUT2D eigenvalue weighted by Crippen LogP contribution is -2.18. The highest BCUT2D eigenvalue weighted by Crippen LogP contribution is 2.26. The van der Waals surface area contributed by atoms with Crippen molar-refractivity contribution in [3.63, 3.8) is 0 Å². The van der Waals surface area contributed by atoms with Crippen molar-refractivity contribution in [2.75, 3.05) is 7.05 Å². The molecule has 1 unspecified atom stereocenters. The van der Waals surface area contributed by atoms with E-state index in [1.807, 2.05) is 0 Å². The Labute approximate surface area is 127 Å². The molecule has 0 saturated carbocycles. The smallest absolute Gasteiger partial charge is 0.0331 e. The average Bonchev–Trinajstić information content (AvgIpc) is 2.88. The fourth-order valence-electron chi connectivity index (χ4n) is 2.14. The normalized spacial score (nSPS) is 12.6. The van der Waals surface area contributed by atoms with Crippen LogP contribution in [0, 0.1) is 10.5 Å². The monoisotopic (exact) mass is 371 g/mol. The Morgan fingerprint density at radius 1 is 1.33 bits per heavy atom. The molecule has 1 nitrogen and oxygen atoms in total. The molecule has 0 spiro atoms. The molecule has 1 atom stereocenters. The van der Waals surface area contributed by atoms with E-state index in [0.717, 1.165) is 12.8 Å². The molecule has 2 rings (SSSR count). The zero-order chi connectivity index (χ0) is 13.0. The van der Waals surface area contributed by atoms with Crippen LogP contribution in [-0.4, -0.2) is 7.05 Å². The first-order valence-corrected chi connectivity index (χ1v) is 8.18. The van der Waals surface area contributed by atoms with Crippen LogP contribution >= 0.6 is 33.9 Å². The maximum atomic E-state index is 3.45. The fourth-order valence-corrected chi connectivity index (χ4v) is 3.58. The van der Waals surface area contributed by atoms with Gasteiger partial charge in [0.1, 0.15) is 0 Å². The molecule has 0 bridgehead atoms. The van der Waals surface area contributed by atoms with E-state index in [2.05, 4.69) is 76.9 Å². The maximum absolute atomic E-state index is 3.45. The number of hydrogen-bond donors (Lipinski definition) is 1. The predicted molar refractivity (Wildman–Crippen MR) is 88.3 cm³/mol. The summed E-state index contributed by atoms with van der Waals surface area (Å²) in [5.41, 5.74) is 4.24. The highest BCUT2D eigenvalue weighted by molar-refractivity contribution is 14.1. The van der Waals surface area contributed by atoms with E-state index in [-0.39, 0.29) is 0 Å². The van der Waals surface area contributed by atoms with Gasteiger partial charge in [0.2, 0.25) is 0 Å². The summed E-state index contributed by atoms with van der Waals surface area (Å²) in [5.74, 6) is 0. The molecule has 1 aromatic heterocycles. The van der Waals surface area contributed by atoms with Crippen LogP contribution in [0.2, 0.25) is 0 Å². The van der Waals surface area contributed by atoms with Gasteiger partial charge in [-0.05, 0) is 82.9 Å². The van der Waals surface area contributed by atoms with Crippen molar-refractivity contribution < 1.29 is 0 Å². The number of hydrogen-bond acceptors (Lipinski definition) is 2. The molecule has 0 aliphatic rings. The number of thiophene rings is 1. The van der Waals surface area contributed by atoms with Crippen molar-refractivity contribution >= 4 is 33.9 Å². The zero-order valence-corrected chi connectivity index (χ0v) is 13.7. The van der Waals surface area contributed by atoms with Crippen LogP contribution in [0.25, 0.3) is 0 Å². The predicted octanol–water partition coefficient (Wildman–Crippen LogP) is 4.55. The topological polar surface area (TPSA) is 12.0 Å². The average molecular weight is 371 g/mol. The van der Waals surface area contributed by atoms with Crippen molar-refractivity contribution in [3.8, 4) is 0 Å². The minimum Gasteiger partial charge on any atom is -0.313 e. The summed E-state index contributed by atoms with van der Waals surface area (Å²) in [6, 6.07) is 9.23.